The number of carbonyl (C=O) groups excluding carboxylic acids is 1. The number of amides is 1. The number of carbonyl (C=O) groups is 1. The lowest BCUT2D eigenvalue weighted by Gasteiger charge is -2.30. The minimum absolute atomic E-state index is 0.0606. The van der Waals surface area contributed by atoms with Gasteiger partial charge in [-0.15, -0.1) is 11.8 Å². The first-order valence-electron chi connectivity index (χ1n) is 7.05. The van der Waals surface area contributed by atoms with Gasteiger partial charge in [0.25, 0.3) is 0 Å². The molecule has 1 amide bonds. The number of nitrogens with two attached hydrogens (primary N) is 1. The van der Waals surface area contributed by atoms with E-state index in [2.05, 4.69) is 13.8 Å². The van der Waals surface area contributed by atoms with Crippen molar-refractivity contribution in [1.29, 1.82) is 0 Å². The maximum Gasteiger partial charge on any atom is 0.235 e. The van der Waals surface area contributed by atoms with Crippen LogP contribution in [0, 0.1) is 5.41 Å². The van der Waals surface area contributed by atoms with E-state index >= 15 is 0 Å². The molecule has 0 spiro atoms. The van der Waals surface area contributed by atoms with Crippen molar-refractivity contribution in [3.05, 3.63) is 24.3 Å². The zero-order valence-corrected chi connectivity index (χ0v) is 14.4. The maximum atomic E-state index is 12.4. The summed E-state index contributed by atoms with van der Waals surface area (Å²) >= 11 is 1.55. The van der Waals surface area contributed by atoms with Crippen molar-refractivity contribution in [2.75, 3.05) is 27.2 Å². The monoisotopic (exact) mass is 310 g/mol. The minimum atomic E-state index is -0.128. The first kappa shape index (κ1) is 17.9. The van der Waals surface area contributed by atoms with Gasteiger partial charge in [-0.3, -0.25) is 4.79 Å². The molecule has 5 heteroatoms. The number of benzene rings is 1. The van der Waals surface area contributed by atoms with Crippen molar-refractivity contribution in [2.24, 2.45) is 11.1 Å². The highest BCUT2D eigenvalue weighted by molar-refractivity contribution is 8.00. The minimum Gasteiger partial charge on any atom is -0.497 e. The Kier molecular flexibility index (Phi) is 6.55. The van der Waals surface area contributed by atoms with E-state index in [1.165, 1.54) is 0 Å². The van der Waals surface area contributed by atoms with E-state index in [0.717, 1.165) is 10.6 Å². The Morgan fingerprint density at radius 3 is 2.43 bits per heavy atom. The van der Waals surface area contributed by atoms with E-state index < -0.39 is 0 Å². The molecule has 0 heterocycles. The maximum absolute atomic E-state index is 12.4. The largest absolute Gasteiger partial charge is 0.497 e. The second-order valence-electron chi connectivity index (χ2n) is 6.00. The quantitative estimate of drug-likeness (QED) is 0.787. The van der Waals surface area contributed by atoms with E-state index in [1.807, 2.05) is 38.2 Å². The molecule has 0 aliphatic rings. The topological polar surface area (TPSA) is 55.6 Å². The lowest BCUT2D eigenvalue weighted by atomic mass is 9.93. The molecule has 0 saturated carbocycles. The summed E-state index contributed by atoms with van der Waals surface area (Å²) in [5.41, 5.74) is 5.67. The number of hydrogen-bond acceptors (Lipinski definition) is 4. The summed E-state index contributed by atoms with van der Waals surface area (Å²) in [4.78, 5) is 15.2. The molecule has 0 aliphatic heterocycles. The molecule has 0 aromatic heterocycles. The Morgan fingerprint density at radius 1 is 1.38 bits per heavy atom. The molecule has 1 unspecified atom stereocenters. The summed E-state index contributed by atoms with van der Waals surface area (Å²) in [5, 5.41) is -0.128. The van der Waals surface area contributed by atoms with Gasteiger partial charge in [-0.25, -0.2) is 0 Å². The summed E-state index contributed by atoms with van der Waals surface area (Å²) in [6, 6.07) is 7.75. The fraction of sp³-hybridized carbons (Fsp3) is 0.562. The lowest BCUT2D eigenvalue weighted by molar-refractivity contribution is -0.130. The first-order valence-corrected chi connectivity index (χ1v) is 7.93. The van der Waals surface area contributed by atoms with E-state index in [4.69, 9.17) is 10.5 Å². The molecule has 0 saturated heterocycles. The zero-order chi connectivity index (χ0) is 16.0. The van der Waals surface area contributed by atoms with Crippen LogP contribution in [0.2, 0.25) is 0 Å². The van der Waals surface area contributed by atoms with E-state index in [0.29, 0.717) is 13.1 Å². The molecule has 0 fully saturated rings. The summed E-state index contributed by atoms with van der Waals surface area (Å²) in [7, 11) is 3.48. The van der Waals surface area contributed by atoms with Crippen molar-refractivity contribution >= 4 is 17.7 Å². The number of hydrogen-bond donors (Lipinski definition) is 1. The Bertz CT molecular complexity index is 460. The third-order valence-electron chi connectivity index (χ3n) is 3.31. The van der Waals surface area contributed by atoms with Crippen molar-refractivity contribution in [3.63, 3.8) is 0 Å². The van der Waals surface area contributed by atoms with Crippen LogP contribution in [-0.4, -0.2) is 43.3 Å². The molecule has 0 aliphatic carbocycles. The van der Waals surface area contributed by atoms with E-state index in [9.17, 15) is 4.79 Å². The lowest BCUT2D eigenvalue weighted by Crippen LogP contribution is -2.42. The zero-order valence-electron chi connectivity index (χ0n) is 13.6. The van der Waals surface area contributed by atoms with Gasteiger partial charge in [0, 0.05) is 18.5 Å². The standard InChI is InChI=1S/C16H26N2O2S/c1-12(15(19)18(4)11-16(2,3)10-17)21-14-8-6-13(20-5)7-9-14/h6-9,12H,10-11,17H2,1-5H3. The number of rotatable bonds is 7. The second-order valence-corrected chi connectivity index (χ2v) is 7.41. The number of nitrogens with zero attached hydrogens (tertiary/aromatic N) is 1. The fourth-order valence-corrected chi connectivity index (χ4v) is 2.99. The Labute approximate surface area is 132 Å². The number of thioether (sulfide) groups is 1. The Balaban J connectivity index is 2.61. The van der Waals surface area contributed by atoms with Crippen molar-refractivity contribution in [1.82, 2.24) is 4.90 Å². The molecule has 1 aromatic rings. The SMILES string of the molecule is COc1ccc(SC(C)C(=O)N(C)CC(C)(C)CN)cc1. The molecule has 1 rings (SSSR count). The van der Waals surface area contributed by atoms with E-state index in [-0.39, 0.29) is 16.6 Å². The van der Waals surface area contributed by atoms with Crippen molar-refractivity contribution in [3.8, 4) is 5.75 Å². The van der Waals surface area contributed by atoms with Crippen molar-refractivity contribution < 1.29 is 9.53 Å². The normalized spacial score (nSPS) is 12.9. The Hall–Kier alpha value is -1.20. The van der Waals surface area contributed by atoms with Crippen molar-refractivity contribution in [2.45, 2.75) is 30.9 Å². The van der Waals surface area contributed by atoms with Crippen LogP contribution in [-0.2, 0) is 4.79 Å². The van der Waals surface area contributed by atoms with Crippen LogP contribution in [0.1, 0.15) is 20.8 Å². The molecule has 0 bridgehead atoms. The molecular formula is C16H26N2O2S. The van der Waals surface area contributed by atoms with Gasteiger partial charge in [0.2, 0.25) is 5.91 Å². The molecular weight excluding hydrogens is 284 g/mol. The smallest absolute Gasteiger partial charge is 0.235 e. The Morgan fingerprint density at radius 2 is 1.95 bits per heavy atom. The van der Waals surface area contributed by atoms with Gasteiger partial charge >= 0.3 is 0 Å². The van der Waals surface area contributed by atoms with Crippen LogP contribution in [0.5, 0.6) is 5.75 Å². The number of ether oxygens (including phenoxy) is 1. The first-order chi connectivity index (χ1) is 9.79. The van der Waals surface area contributed by atoms with Crippen LogP contribution in [0.25, 0.3) is 0 Å². The van der Waals surface area contributed by atoms with Gasteiger partial charge in [0.05, 0.1) is 12.4 Å². The van der Waals surface area contributed by atoms with Crippen LogP contribution in [0.15, 0.2) is 29.2 Å². The van der Waals surface area contributed by atoms with Crippen LogP contribution in [0.4, 0.5) is 0 Å². The third-order valence-corrected chi connectivity index (χ3v) is 4.41. The molecule has 21 heavy (non-hydrogen) atoms. The average molecular weight is 310 g/mol. The van der Waals surface area contributed by atoms with Crippen LogP contribution >= 0.6 is 11.8 Å². The average Bonchev–Trinajstić information content (AvgIpc) is 2.46. The summed E-state index contributed by atoms with van der Waals surface area (Å²) in [6.45, 7) is 7.29. The van der Waals surface area contributed by atoms with Gasteiger partial charge < -0.3 is 15.4 Å². The molecule has 4 nitrogen and oxygen atoms in total. The van der Waals surface area contributed by atoms with E-state index in [1.54, 1.807) is 23.8 Å². The van der Waals surface area contributed by atoms with Gasteiger partial charge in [0.1, 0.15) is 5.75 Å². The molecule has 1 aromatic carbocycles. The molecule has 1 atom stereocenters. The highest BCUT2D eigenvalue weighted by Gasteiger charge is 2.24. The summed E-state index contributed by atoms with van der Waals surface area (Å²) < 4.78 is 5.13. The predicted molar refractivity (Wildman–Crippen MR) is 88.8 cm³/mol. The van der Waals surface area contributed by atoms with Gasteiger partial charge in [-0.2, -0.15) is 0 Å². The predicted octanol–water partition coefficient (Wildman–Crippen LogP) is 2.62. The summed E-state index contributed by atoms with van der Waals surface area (Å²) in [5.74, 6) is 0.942. The summed E-state index contributed by atoms with van der Waals surface area (Å²) in [6.07, 6.45) is 0. The third kappa shape index (κ3) is 5.59. The highest BCUT2D eigenvalue weighted by atomic mass is 32.2. The van der Waals surface area contributed by atoms with Crippen LogP contribution < -0.4 is 10.5 Å². The van der Waals surface area contributed by atoms with Gasteiger partial charge in [0.15, 0.2) is 0 Å². The number of methoxy groups -OCH3 is 1. The molecule has 2 N–H and O–H groups in total. The van der Waals surface area contributed by atoms with Crippen LogP contribution in [0.3, 0.4) is 0 Å². The highest BCUT2D eigenvalue weighted by Crippen LogP contribution is 2.27. The van der Waals surface area contributed by atoms with Gasteiger partial charge in [-0.05, 0) is 43.1 Å². The van der Waals surface area contributed by atoms with Gasteiger partial charge in [-0.1, -0.05) is 13.8 Å². The fourth-order valence-electron chi connectivity index (χ4n) is 2.00. The molecule has 0 radical (unpaired) electrons. The second kappa shape index (κ2) is 7.71. The molecule has 118 valence electrons.